The van der Waals surface area contributed by atoms with Gasteiger partial charge in [0, 0.05) is 18.8 Å². The molecule has 1 aromatic rings. The van der Waals surface area contributed by atoms with Gasteiger partial charge in [-0.25, -0.2) is 0 Å². The van der Waals surface area contributed by atoms with Gasteiger partial charge < -0.3 is 11.1 Å². The van der Waals surface area contributed by atoms with Gasteiger partial charge in [-0.2, -0.15) is 5.10 Å². The van der Waals surface area contributed by atoms with Crippen molar-refractivity contribution in [2.75, 3.05) is 11.9 Å². The number of anilines is 1. The van der Waals surface area contributed by atoms with Crippen LogP contribution in [0, 0.1) is 0 Å². The van der Waals surface area contributed by atoms with Gasteiger partial charge in [0.15, 0.2) is 0 Å². The molecule has 1 rings (SSSR count). The molecular weight excluding hydrogens is 164 g/mol. The van der Waals surface area contributed by atoms with Crippen molar-refractivity contribution in [3.8, 4) is 0 Å². The summed E-state index contributed by atoms with van der Waals surface area (Å²) in [5.41, 5.74) is 5.82. The van der Waals surface area contributed by atoms with Gasteiger partial charge in [-0.15, -0.1) is 5.10 Å². The average molecular weight is 180 g/mol. The lowest BCUT2D eigenvalue weighted by molar-refractivity contribution is 0.625. The van der Waals surface area contributed by atoms with Crippen LogP contribution >= 0.6 is 0 Å². The topological polar surface area (TPSA) is 63.8 Å². The molecule has 0 saturated heterocycles. The van der Waals surface area contributed by atoms with E-state index in [1.54, 1.807) is 6.20 Å². The fourth-order valence-corrected chi connectivity index (χ4v) is 1.10. The van der Waals surface area contributed by atoms with Gasteiger partial charge in [-0.3, -0.25) is 0 Å². The molecule has 0 radical (unpaired) electrons. The van der Waals surface area contributed by atoms with Crippen LogP contribution in [0.5, 0.6) is 0 Å². The molecule has 0 spiro atoms. The molecule has 3 N–H and O–H groups in total. The first-order chi connectivity index (χ1) is 6.33. The third-order valence-electron chi connectivity index (χ3n) is 1.78. The summed E-state index contributed by atoms with van der Waals surface area (Å²) in [5.74, 6) is 0.786. The molecule has 0 fully saturated rings. The summed E-state index contributed by atoms with van der Waals surface area (Å²) in [6.07, 6.45) is 3.80. The van der Waals surface area contributed by atoms with Crippen LogP contribution in [-0.4, -0.2) is 22.8 Å². The van der Waals surface area contributed by atoms with E-state index < -0.39 is 0 Å². The van der Waals surface area contributed by atoms with Crippen LogP contribution < -0.4 is 11.1 Å². The Bertz CT molecular complexity index is 224. The molecule has 0 aromatic carbocycles. The summed E-state index contributed by atoms with van der Waals surface area (Å²) in [7, 11) is 0. The van der Waals surface area contributed by atoms with Gasteiger partial charge in [0.25, 0.3) is 0 Å². The lowest BCUT2D eigenvalue weighted by atomic mass is 10.2. The smallest absolute Gasteiger partial charge is 0.148 e. The fourth-order valence-electron chi connectivity index (χ4n) is 1.10. The Morgan fingerprint density at radius 1 is 1.62 bits per heavy atom. The molecule has 4 nitrogen and oxygen atoms in total. The number of hydrogen-bond donors (Lipinski definition) is 2. The largest absolute Gasteiger partial charge is 0.367 e. The molecule has 4 heteroatoms. The summed E-state index contributed by atoms with van der Waals surface area (Å²) in [6, 6.07) is 3.93. The van der Waals surface area contributed by atoms with E-state index in [0.717, 1.165) is 25.2 Å². The van der Waals surface area contributed by atoms with Crippen molar-refractivity contribution in [1.29, 1.82) is 0 Å². The molecule has 72 valence electrons. The van der Waals surface area contributed by atoms with E-state index >= 15 is 0 Å². The van der Waals surface area contributed by atoms with E-state index in [4.69, 9.17) is 5.73 Å². The lowest BCUT2D eigenvalue weighted by Crippen LogP contribution is -2.28. The predicted octanol–water partition coefficient (Wildman–Crippen LogP) is 1.02. The van der Waals surface area contributed by atoms with Crippen LogP contribution in [0.25, 0.3) is 0 Å². The number of aromatic nitrogens is 2. The van der Waals surface area contributed by atoms with Crippen molar-refractivity contribution in [3.63, 3.8) is 0 Å². The van der Waals surface area contributed by atoms with Crippen molar-refractivity contribution in [3.05, 3.63) is 18.3 Å². The maximum atomic E-state index is 5.82. The molecule has 0 saturated carbocycles. The first-order valence-electron chi connectivity index (χ1n) is 4.60. The molecule has 1 unspecified atom stereocenters. The van der Waals surface area contributed by atoms with Crippen LogP contribution in [-0.2, 0) is 0 Å². The molecule has 0 amide bonds. The van der Waals surface area contributed by atoms with Gasteiger partial charge >= 0.3 is 0 Å². The summed E-state index contributed by atoms with van der Waals surface area (Å²) >= 11 is 0. The van der Waals surface area contributed by atoms with Gasteiger partial charge in [0.2, 0.25) is 0 Å². The average Bonchev–Trinajstić information content (AvgIpc) is 2.17. The molecule has 1 atom stereocenters. The summed E-state index contributed by atoms with van der Waals surface area (Å²) < 4.78 is 0. The van der Waals surface area contributed by atoms with Gasteiger partial charge in [-0.05, 0) is 18.6 Å². The van der Waals surface area contributed by atoms with E-state index in [0.29, 0.717) is 0 Å². The highest BCUT2D eigenvalue weighted by molar-refractivity contribution is 5.31. The molecule has 0 aliphatic rings. The van der Waals surface area contributed by atoms with E-state index in [9.17, 15) is 0 Å². The van der Waals surface area contributed by atoms with Crippen LogP contribution in [0.3, 0.4) is 0 Å². The number of nitrogens with one attached hydrogen (secondary N) is 1. The third kappa shape index (κ3) is 3.85. The number of rotatable bonds is 5. The second-order valence-electron chi connectivity index (χ2n) is 3.04. The zero-order chi connectivity index (χ0) is 9.52. The maximum absolute atomic E-state index is 5.82. The normalized spacial score (nSPS) is 12.5. The molecule has 0 aliphatic heterocycles. The maximum Gasteiger partial charge on any atom is 0.148 e. The highest BCUT2D eigenvalue weighted by Gasteiger charge is 2.00. The molecule has 0 bridgehead atoms. The Balaban J connectivity index is 2.27. The SMILES string of the molecule is CCCC(N)CNc1cccnn1. The number of hydrogen-bond acceptors (Lipinski definition) is 4. The Morgan fingerprint density at radius 2 is 2.46 bits per heavy atom. The minimum atomic E-state index is 0.201. The third-order valence-corrected chi connectivity index (χ3v) is 1.78. The second kappa shape index (κ2) is 5.48. The van der Waals surface area contributed by atoms with E-state index in [1.807, 2.05) is 12.1 Å². The lowest BCUT2D eigenvalue weighted by Gasteiger charge is -2.10. The summed E-state index contributed by atoms with van der Waals surface area (Å²) in [4.78, 5) is 0. The van der Waals surface area contributed by atoms with Crippen molar-refractivity contribution >= 4 is 5.82 Å². The van der Waals surface area contributed by atoms with E-state index in [1.165, 1.54) is 0 Å². The first kappa shape index (κ1) is 9.92. The van der Waals surface area contributed by atoms with Crippen LogP contribution in [0.2, 0.25) is 0 Å². The van der Waals surface area contributed by atoms with Crippen LogP contribution in [0.4, 0.5) is 5.82 Å². The Hall–Kier alpha value is -1.16. The Morgan fingerprint density at radius 3 is 3.08 bits per heavy atom. The van der Waals surface area contributed by atoms with Crippen molar-refractivity contribution in [2.24, 2.45) is 5.73 Å². The quantitative estimate of drug-likeness (QED) is 0.710. The molecule has 13 heavy (non-hydrogen) atoms. The number of nitrogens with two attached hydrogens (primary N) is 1. The zero-order valence-electron chi connectivity index (χ0n) is 7.90. The van der Waals surface area contributed by atoms with Gasteiger partial charge in [0.1, 0.15) is 5.82 Å². The van der Waals surface area contributed by atoms with E-state index in [-0.39, 0.29) is 6.04 Å². The fraction of sp³-hybridized carbons (Fsp3) is 0.556. The molecular formula is C9H16N4. The van der Waals surface area contributed by atoms with Crippen LogP contribution in [0.1, 0.15) is 19.8 Å². The Kier molecular flexibility index (Phi) is 4.18. The van der Waals surface area contributed by atoms with Crippen molar-refractivity contribution in [2.45, 2.75) is 25.8 Å². The standard InChI is InChI=1S/C9H16N4/c1-2-4-8(10)7-11-9-5-3-6-12-13-9/h3,5-6,8H,2,4,7,10H2,1H3,(H,11,13). The first-order valence-corrected chi connectivity index (χ1v) is 4.60. The van der Waals surface area contributed by atoms with Gasteiger partial charge in [0.05, 0.1) is 0 Å². The monoisotopic (exact) mass is 180 g/mol. The molecule has 0 aliphatic carbocycles. The zero-order valence-corrected chi connectivity index (χ0v) is 7.90. The minimum absolute atomic E-state index is 0.201. The highest BCUT2D eigenvalue weighted by Crippen LogP contribution is 1.99. The van der Waals surface area contributed by atoms with Crippen LogP contribution in [0.15, 0.2) is 18.3 Å². The minimum Gasteiger partial charge on any atom is -0.367 e. The second-order valence-corrected chi connectivity index (χ2v) is 3.04. The molecule has 1 aromatic heterocycles. The molecule has 1 heterocycles. The predicted molar refractivity (Wildman–Crippen MR) is 53.4 cm³/mol. The van der Waals surface area contributed by atoms with Gasteiger partial charge in [-0.1, -0.05) is 13.3 Å². The number of nitrogens with zero attached hydrogens (tertiary/aromatic N) is 2. The van der Waals surface area contributed by atoms with Crippen molar-refractivity contribution < 1.29 is 0 Å². The summed E-state index contributed by atoms with van der Waals surface area (Å²) in [6.45, 7) is 2.88. The highest BCUT2D eigenvalue weighted by atomic mass is 15.2. The van der Waals surface area contributed by atoms with E-state index in [2.05, 4.69) is 22.4 Å². The van der Waals surface area contributed by atoms with Crippen molar-refractivity contribution in [1.82, 2.24) is 10.2 Å². The summed E-state index contributed by atoms with van der Waals surface area (Å²) in [5, 5.41) is 10.8. The Labute approximate surface area is 78.6 Å².